The third-order valence-electron chi connectivity index (χ3n) is 5.77. The van der Waals surface area contributed by atoms with Crippen LogP contribution in [-0.2, 0) is 9.84 Å². The minimum atomic E-state index is -2.84. The molecule has 1 fully saturated rings. The molecule has 152 valence electrons. The summed E-state index contributed by atoms with van der Waals surface area (Å²) in [6.07, 6.45) is 0.178. The Balaban J connectivity index is 1.32. The minimum Gasteiger partial charge on any atom is -0.436 e. The zero-order valence-electron chi connectivity index (χ0n) is 16.3. The maximum Gasteiger partial charge on any atom is 0.227 e. The van der Waals surface area contributed by atoms with Crippen LogP contribution in [-0.4, -0.2) is 62.2 Å². The number of rotatable bonds is 4. The van der Waals surface area contributed by atoms with E-state index in [0.717, 1.165) is 41.1 Å². The predicted octanol–water partition coefficient (Wildman–Crippen LogP) is 2.80. The second-order valence-electron chi connectivity index (χ2n) is 7.73. The topological polar surface area (TPSA) is 78.7 Å². The van der Waals surface area contributed by atoms with Gasteiger partial charge in [-0.2, -0.15) is 0 Å². The molecule has 0 bridgehead atoms. The van der Waals surface area contributed by atoms with Crippen molar-refractivity contribution in [1.82, 2.24) is 9.88 Å². The number of para-hydroxylation sites is 2. The van der Waals surface area contributed by atoms with Crippen LogP contribution in [0.25, 0.3) is 22.6 Å². The van der Waals surface area contributed by atoms with Gasteiger partial charge in [-0.25, -0.2) is 13.4 Å². The molecule has 1 aromatic heterocycles. The Morgan fingerprint density at radius 1 is 1.14 bits per heavy atom. The molecular formula is C21H24N4O3S. The van der Waals surface area contributed by atoms with E-state index in [1.807, 2.05) is 30.3 Å². The third-order valence-corrected chi connectivity index (χ3v) is 7.38. The maximum atomic E-state index is 11.6. The Morgan fingerprint density at radius 2 is 1.93 bits per heavy atom. The minimum absolute atomic E-state index is 0.178. The van der Waals surface area contributed by atoms with Crippen LogP contribution in [0.4, 0.5) is 11.4 Å². The van der Waals surface area contributed by atoms with Gasteiger partial charge in [0, 0.05) is 31.7 Å². The van der Waals surface area contributed by atoms with Gasteiger partial charge in [0.25, 0.3) is 0 Å². The van der Waals surface area contributed by atoms with Crippen molar-refractivity contribution in [2.45, 2.75) is 13.1 Å². The first-order chi connectivity index (χ1) is 14.0. The third kappa shape index (κ3) is 3.58. The summed E-state index contributed by atoms with van der Waals surface area (Å²) in [6, 6.07) is 14.0. The van der Waals surface area contributed by atoms with Crippen LogP contribution >= 0.6 is 0 Å². The van der Waals surface area contributed by atoms with Crippen molar-refractivity contribution in [3.8, 4) is 11.5 Å². The van der Waals surface area contributed by atoms with Gasteiger partial charge >= 0.3 is 0 Å². The standard InChI is InChI=1S/C21H24N4O3S/c1-15-22-18-14-16(21-23-17-4-2-3-5-20(17)28-21)6-7-19(18)25(15)9-8-24-10-12-29(26,27)13-11-24/h2-7,14-15,22H,8-13H2,1H3. The summed E-state index contributed by atoms with van der Waals surface area (Å²) in [7, 11) is -2.84. The van der Waals surface area contributed by atoms with Crippen molar-refractivity contribution < 1.29 is 12.8 Å². The lowest BCUT2D eigenvalue weighted by molar-refractivity contribution is 0.300. The summed E-state index contributed by atoms with van der Waals surface area (Å²) in [4.78, 5) is 9.15. The summed E-state index contributed by atoms with van der Waals surface area (Å²) >= 11 is 0. The molecule has 0 spiro atoms. The molecule has 29 heavy (non-hydrogen) atoms. The monoisotopic (exact) mass is 412 g/mol. The van der Waals surface area contributed by atoms with E-state index >= 15 is 0 Å². The van der Waals surface area contributed by atoms with Gasteiger partial charge < -0.3 is 14.6 Å². The van der Waals surface area contributed by atoms with Gasteiger partial charge in [0.2, 0.25) is 5.89 Å². The Kier molecular flexibility index (Phi) is 4.48. The summed E-state index contributed by atoms with van der Waals surface area (Å²) in [5.41, 5.74) is 4.81. The molecule has 1 N–H and O–H groups in total. The van der Waals surface area contributed by atoms with Crippen LogP contribution in [0, 0.1) is 0 Å². The van der Waals surface area contributed by atoms with Crippen LogP contribution < -0.4 is 10.2 Å². The summed E-state index contributed by atoms with van der Waals surface area (Å²) in [5.74, 6) is 1.16. The van der Waals surface area contributed by atoms with E-state index in [2.05, 4.69) is 39.2 Å². The van der Waals surface area contributed by atoms with Crippen molar-refractivity contribution >= 4 is 32.3 Å². The molecule has 1 saturated heterocycles. The Morgan fingerprint density at radius 3 is 2.72 bits per heavy atom. The number of fused-ring (bicyclic) bond motifs is 2. The van der Waals surface area contributed by atoms with Crippen molar-refractivity contribution in [1.29, 1.82) is 0 Å². The molecule has 3 heterocycles. The number of anilines is 2. The van der Waals surface area contributed by atoms with E-state index in [0.29, 0.717) is 19.0 Å². The van der Waals surface area contributed by atoms with Crippen molar-refractivity contribution in [3.63, 3.8) is 0 Å². The fourth-order valence-corrected chi connectivity index (χ4v) is 5.36. The molecule has 2 aliphatic rings. The molecule has 7 nitrogen and oxygen atoms in total. The second-order valence-corrected chi connectivity index (χ2v) is 10.0. The molecule has 0 aliphatic carbocycles. The summed E-state index contributed by atoms with van der Waals surface area (Å²) < 4.78 is 29.1. The van der Waals surface area contributed by atoms with Crippen LogP contribution in [0.3, 0.4) is 0 Å². The summed E-state index contributed by atoms with van der Waals surface area (Å²) in [6.45, 7) is 5.10. The number of hydrogen-bond donors (Lipinski definition) is 1. The molecule has 2 aliphatic heterocycles. The molecule has 8 heteroatoms. The molecule has 3 aromatic rings. The summed E-state index contributed by atoms with van der Waals surface area (Å²) in [5, 5.41) is 3.53. The second kappa shape index (κ2) is 7.03. The largest absolute Gasteiger partial charge is 0.436 e. The van der Waals surface area contributed by atoms with Crippen molar-refractivity contribution in [3.05, 3.63) is 42.5 Å². The van der Waals surface area contributed by atoms with Crippen molar-refractivity contribution in [2.75, 3.05) is 47.9 Å². The number of benzene rings is 2. The molecule has 0 saturated carbocycles. The maximum absolute atomic E-state index is 11.6. The highest BCUT2D eigenvalue weighted by Gasteiger charge is 2.28. The van der Waals surface area contributed by atoms with Gasteiger partial charge in [0.1, 0.15) is 5.52 Å². The fourth-order valence-electron chi connectivity index (χ4n) is 4.08. The van der Waals surface area contributed by atoms with Crippen LogP contribution in [0.1, 0.15) is 6.92 Å². The molecule has 0 amide bonds. The predicted molar refractivity (Wildman–Crippen MR) is 115 cm³/mol. The number of sulfone groups is 1. The molecule has 1 unspecified atom stereocenters. The number of aromatic nitrogens is 1. The van der Waals surface area contributed by atoms with E-state index < -0.39 is 9.84 Å². The first-order valence-electron chi connectivity index (χ1n) is 9.94. The van der Waals surface area contributed by atoms with Crippen LogP contribution in [0.5, 0.6) is 0 Å². The highest BCUT2D eigenvalue weighted by atomic mass is 32.2. The average Bonchev–Trinajstić information content (AvgIpc) is 3.27. The van der Waals surface area contributed by atoms with E-state index in [1.165, 1.54) is 0 Å². The fraction of sp³-hybridized carbons (Fsp3) is 0.381. The number of nitrogens with zero attached hydrogens (tertiary/aromatic N) is 3. The van der Waals surface area contributed by atoms with E-state index in [9.17, 15) is 8.42 Å². The quantitative estimate of drug-likeness (QED) is 0.706. The Bertz CT molecular complexity index is 1110. The van der Waals surface area contributed by atoms with Crippen LogP contribution in [0.15, 0.2) is 46.9 Å². The van der Waals surface area contributed by atoms with Gasteiger partial charge in [0.15, 0.2) is 15.4 Å². The van der Waals surface area contributed by atoms with Gasteiger partial charge in [-0.3, -0.25) is 4.90 Å². The molecule has 1 atom stereocenters. The van der Waals surface area contributed by atoms with Gasteiger partial charge in [0.05, 0.1) is 29.0 Å². The van der Waals surface area contributed by atoms with Crippen LogP contribution in [0.2, 0.25) is 0 Å². The number of oxazole rings is 1. The SMILES string of the molecule is CC1Nc2cc(-c3nc4ccccc4o3)ccc2N1CCN1CCS(=O)(=O)CC1. The average molecular weight is 413 g/mol. The van der Waals surface area contributed by atoms with E-state index in [-0.39, 0.29) is 17.7 Å². The zero-order chi connectivity index (χ0) is 20.0. The lowest BCUT2D eigenvalue weighted by Gasteiger charge is -2.30. The zero-order valence-corrected chi connectivity index (χ0v) is 17.2. The van der Waals surface area contributed by atoms with Gasteiger partial charge in [-0.05, 0) is 37.3 Å². The number of hydrogen-bond acceptors (Lipinski definition) is 7. The normalized spacial score (nSPS) is 21.3. The molecule has 2 aromatic carbocycles. The smallest absolute Gasteiger partial charge is 0.227 e. The van der Waals surface area contributed by atoms with E-state index in [1.54, 1.807) is 0 Å². The Labute approximate surface area is 170 Å². The highest BCUT2D eigenvalue weighted by molar-refractivity contribution is 7.91. The highest BCUT2D eigenvalue weighted by Crippen LogP contribution is 2.38. The molecule has 5 rings (SSSR count). The van der Waals surface area contributed by atoms with Gasteiger partial charge in [-0.1, -0.05) is 12.1 Å². The van der Waals surface area contributed by atoms with Gasteiger partial charge in [-0.15, -0.1) is 0 Å². The first-order valence-corrected chi connectivity index (χ1v) is 11.8. The van der Waals surface area contributed by atoms with Crippen molar-refractivity contribution in [2.24, 2.45) is 0 Å². The number of nitrogens with one attached hydrogen (secondary N) is 1. The lowest BCUT2D eigenvalue weighted by Crippen LogP contribution is -2.45. The first kappa shape index (κ1) is 18.4. The molecular weight excluding hydrogens is 388 g/mol. The van der Waals surface area contributed by atoms with E-state index in [4.69, 9.17) is 4.42 Å². The lowest BCUT2D eigenvalue weighted by atomic mass is 10.1. The molecule has 0 radical (unpaired) electrons. The Hall–Kier alpha value is -2.58.